The van der Waals surface area contributed by atoms with Gasteiger partial charge in [0, 0.05) is 21.9 Å². The van der Waals surface area contributed by atoms with E-state index in [-0.39, 0.29) is 0 Å². The summed E-state index contributed by atoms with van der Waals surface area (Å²) < 4.78 is 0. The minimum atomic E-state index is 0.304. The van der Waals surface area contributed by atoms with Gasteiger partial charge in [-0.25, -0.2) is 0 Å². The predicted octanol–water partition coefficient (Wildman–Crippen LogP) is 7.39. The number of anilines is 1. The second-order valence-electron chi connectivity index (χ2n) is 6.22. The third kappa shape index (κ3) is 4.22. The van der Waals surface area contributed by atoms with Crippen molar-refractivity contribution in [1.82, 2.24) is 0 Å². The topological polar surface area (TPSA) is 3.24 Å². The van der Waals surface area contributed by atoms with E-state index in [0.717, 1.165) is 29.0 Å². The first kappa shape index (κ1) is 18.4. The maximum atomic E-state index is 6.48. The molecule has 5 heteroatoms. The summed E-state index contributed by atoms with van der Waals surface area (Å²) >= 11 is 22.2. The molecule has 1 heterocycles. The first-order valence-electron chi connectivity index (χ1n) is 8.11. The first-order chi connectivity index (χ1) is 11.6. The number of alkyl halides is 1. The Balaban J connectivity index is 1.94. The molecule has 0 amide bonds. The van der Waals surface area contributed by atoms with Gasteiger partial charge in [-0.3, -0.25) is 0 Å². The Morgan fingerprint density at radius 3 is 2.38 bits per heavy atom. The van der Waals surface area contributed by atoms with Crippen molar-refractivity contribution in [3.63, 3.8) is 0 Å². The highest BCUT2D eigenvalue weighted by molar-refractivity contribution is 9.09. The Morgan fingerprint density at radius 2 is 1.71 bits per heavy atom. The fraction of sp³-hybridized carbons (Fsp3) is 0.368. The van der Waals surface area contributed by atoms with Gasteiger partial charge in [0.2, 0.25) is 0 Å². The minimum Gasteiger partial charge on any atom is -0.363 e. The molecule has 0 spiro atoms. The van der Waals surface area contributed by atoms with Crippen LogP contribution in [0, 0.1) is 5.92 Å². The van der Waals surface area contributed by atoms with Crippen molar-refractivity contribution in [1.29, 1.82) is 0 Å². The lowest BCUT2D eigenvalue weighted by Gasteiger charge is -2.42. The van der Waals surface area contributed by atoms with Crippen LogP contribution in [0.15, 0.2) is 42.5 Å². The molecule has 2 aromatic carbocycles. The summed E-state index contributed by atoms with van der Waals surface area (Å²) in [4.78, 5) is 2.41. The molecule has 0 bridgehead atoms. The second-order valence-corrected chi connectivity index (χ2v) is 8.30. The summed E-state index contributed by atoms with van der Waals surface area (Å²) in [7, 11) is 0. The molecule has 2 atom stereocenters. The number of nitrogens with zero attached hydrogens (tertiary/aromatic N) is 1. The van der Waals surface area contributed by atoms with E-state index in [0.29, 0.717) is 22.0 Å². The summed E-state index contributed by atoms with van der Waals surface area (Å²) in [6.07, 6.45) is 3.49. The van der Waals surface area contributed by atoms with Crippen LogP contribution in [0.1, 0.15) is 30.9 Å². The number of hydrogen-bond donors (Lipinski definition) is 0. The predicted molar refractivity (Wildman–Crippen MR) is 109 cm³/mol. The summed E-state index contributed by atoms with van der Waals surface area (Å²) in [6, 6.07) is 14.2. The van der Waals surface area contributed by atoms with Crippen molar-refractivity contribution in [2.75, 3.05) is 16.8 Å². The van der Waals surface area contributed by atoms with Gasteiger partial charge in [-0.2, -0.15) is 0 Å². The Morgan fingerprint density at radius 1 is 1.00 bits per heavy atom. The average molecular weight is 448 g/mol. The molecular formula is C19H19BrCl3N. The van der Waals surface area contributed by atoms with E-state index in [9.17, 15) is 0 Å². The van der Waals surface area contributed by atoms with Crippen LogP contribution in [0.4, 0.5) is 5.69 Å². The quantitative estimate of drug-likeness (QED) is 0.442. The Labute approximate surface area is 167 Å². The van der Waals surface area contributed by atoms with Crippen LogP contribution in [0.5, 0.6) is 0 Å². The third-order valence-electron chi connectivity index (χ3n) is 4.70. The fourth-order valence-electron chi connectivity index (χ4n) is 3.46. The van der Waals surface area contributed by atoms with Gasteiger partial charge >= 0.3 is 0 Å². The molecule has 1 aliphatic rings. The Hall–Kier alpha value is -0.410. The molecule has 1 aliphatic heterocycles. The van der Waals surface area contributed by atoms with Crippen LogP contribution >= 0.6 is 50.7 Å². The summed E-state index contributed by atoms with van der Waals surface area (Å²) in [5.74, 6) is 0.715. The van der Waals surface area contributed by atoms with Crippen molar-refractivity contribution in [2.45, 2.75) is 25.3 Å². The van der Waals surface area contributed by atoms with Gasteiger partial charge in [0.15, 0.2) is 0 Å². The molecule has 0 radical (unpaired) electrons. The van der Waals surface area contributed by atoms with Crippen LogP contribution in [-0.2, 0) is 0 Å². The zero-order chi connectivity index (χ0) is 17.1. The average Bonchev–Trinajstić information content (AvgIpc) is 2.56. The van der Waals surface area contributed by atoms with Crippen LogP contribution in [0.2, 0.25) is 15.1 Å². The number of hydrogen-bond acceptors (Lipinski definition) is 1. The zero-order valence-electron chi connectivity index (χ0n) is 13.2. The first-order valence-corrected chi connectivity index (χ1v) is 10.4. The van der Waals surface area contributed by atoms with Crippen molar-refractivity contribution >= 4 is 56.4 Å². The van der Waals surface area contributed by atoms with Gasteiger partial charge in [-0.1, -0.05) is 62.9 Å². The van der Waals surface area contributed by atoms with E-state index in [1.807, 2.05) is 30.3 Å². The number of rotatable bonds is 4. The molecule has 1 saturated heterocycles. The minimum absolute atomic E-state index is 0.304. The lowest BCUT2D eigenvalue weighted by atomic mass is 9.85. The molecule has 2 unspecified atom stereocenters. The highest BCUT2D eigenvalue weighted by Gasteiger charge is 2.30. The molecule has 2 aromatic rings. The fourth-order valence-corrected chi connectivity index (χ4v) is 4.75. The van der Waals surface area contributed by atoms with E-state index in [1.165, 1.54) is 18.4 Å². The van der Waals surface area contributed by atoms with Gasteiger partial charge in [-0.15, -0.1) is 0 Å². The van der Waals surface area contributed by atoms with E-state index in [1.54, 1.807) is 0 Å². The molecule has 1 fully saturated rings. The smallest absolute Gasteiger partial charge is 0.0654 e. The number of piperidine rings is 1. The van der Waals surface area contributed by atoms with Crippen LogP contribution in [0.3, 0.4) is 0 Å². The molecule has 0 aliphatic carbocycles. The summed E-state index contributed by atoms with van der Waals surface area (Å²) in [5.41, 5.74) is 2.34. The highest BCUT2D eigenvalue weighted by atomic mass is 79.9. The van der Waals surface area contributed by atoms with E-state index >= 15 is 0 Å². The second kappa shape index (κ2) is 8.31. The van der Waals surface area contributed by atoms with Crippen molar-refractivity contribution in [3.05, 3.63) is 63.1 Å². The molecule has 0 N–H and O–H groups in total. The van der Waals surface area contributed by atoms with Crippen LogP contribution < -0.4 is 4.90 Å². The lowest BCUT2D eigenvalue weighted by molar-refractivity contribution is 0.339. The number of halogens is 4. The van der Waals surface area contributed by atoms with Gasteiger partial charge < -0.3 is 4.90 Å². The summed E-state index contributed by atoms with van der Waals surface area (Å²) in [5, 5.41) is 3.19. The largest absolute Gasteiger partial charge is 0.363 e. The van der Waals surface area contributed by atoms with Crippen LogP contribution in [-0.4, -0.2) is 11.9 Å². The summed E-state index contributed by atoms with van der Waals surface area (Å²) in [6.45, 7) is 0.992. The van der Waals surface area contributed by atoms with Gasteiger partial charge in [0.25, 0.3) is 0 Å². The Bertz CT molecular complexity index is 690. The zero-order valence-corrected chi connectivity index (χ0v) is 17.0. The van der Waals surface area contributed by atoms with Gasteiger partial charge in [0.05, 0.1) is 16.8 Å². The van der Waals surface area contributed by atoms with Crippen molar-refractivity contribution in [2.24, 2.45) is 5.92 Å². The molecule has 1 nitrogen and oxygen atoms in total. The van der Waals surface area contributed by atoms with E-state index in [4.69, 9.17) is 34.8 Å². The molecule has 24 heavy (non-hydrogen) atoms. The van der Waals surface area contributed by atoms with Crippen molar-refractivity contribution in [3.8, 4) is 0 Å². The molecular weight excluding hydrogens is 428 g/mol. The highest BCUT2D eigenvalue weighted by Crippen LogP contribution is 2.42. The molecule has 0 aromatic heterocycles. The van der Waals surface area contributed by atoms with Gasteiger partial charge in [0.1, 0.15) is 0 Å². The maximum Gasteiger partial charge on any atom is 0.0654 e. The number of benzene rings is 2. The lowest BCUT2D eigenvalue weighted by Crippen LogP contribution is -2.37. The molecule has 0 saturated carbocycles. The van der Waals surface area contributed by atoms with E-state index < -0.39 is 0 Å². The molecule has 3 rings (SSSR count). The standard InChI is InChI=1S/C19H19BrCl3N/c20-9-7-13-8-10-24(18-6-5-16(22)12-17(18)23)19(11-13)14-1-3-15(21)4-2-14/h1-6,12-13,19H,7-11H2. The third-order valence-corrected chi connectivity index (χ3v) is 5.95. The van der Waals surface area contributed by atoms with E-state index in [2.05, 4.69) is 33.0 Å². The maximum absolute atomic E-state index is 6.48. The normalized spacial score (nSPS) is 21.1. The van der Waals surface area contributed by atoms with Gasteiger partial charge in [-0.05, 0) is 61.1 Å². The molecule has 128 valence electrons. The Kier molecular flexibility index (Phi) is 6.37. The van der Waals surface area contributed by atoms with Crippen molar-refractivity contribution < 1.29 is 0 Å². The van der Waals surface area contributed by atoms with Crippen LogP contribution in [0.25, 0.3) is 0 Å². The SMILES string of the molecule is Clc1ccc(C2CC(CCBr)CCN2c2ccc(Cl)cc2Cl)cc1. The monoisotopic (exact) mass is 445 g/mol.